The zero-order chi connectivity index (χ0) is 22.1. The molecule has 172 valence electrons. The van der Waals surface area contributed by atoms with E-state index in [9.17, 15) is 4.79 Å². The van der Waals surface area contributed by atoms with Crippen molar-refractivity contribution in [2.45, 2.75) is 37.8 Å². The lowest BCUT2D eigenvalue weighted by atomic mass is 9.82. The predicted molar refractivity (Wildman–Crippen MR) is 121 cm³/mol. The van der Waals surface area contributed by atoms with Gasteiger partial charge in [0.15, 0.2) is 5.82 Å². The van der Waals surface area contributed by atoms with Crippen molar-refractivity contribution in [2.24, 2.45) is 17.6 Å². The second-order valence-corrected chi connectivity index (χ2v) is 9.45. The minimum atomic E-state index is -0.365. The van der Waals surface area contributed by atoms with Crippen LogP contribution < -0.4 is 16.4 Å². The van der Waals surface area contributed by atoms with Gasteiger partial charge in [0, 0.05) is 25.8 Å². The number of hydrogen-bond acceptors (Lipinski definition) is 8. The topological polar surface area (TPSA) is 123 Å². The lowest BCUT2D eigenvalue weighted by Crippen LogP contribution is -2.47. The molecule has 10 nitrogen and oxygen atoms in total. The summed E-state index contributed by atoms with van der Waals surface area (Å²) in [5, 5.41) is 11.5. The third-order valence-electron chi connectivity index (χ3n) is 6.98. The number of nitrogens with zero attached hydrogens (tertiary/aromatic N) is 5. The van der Waals surface area contributed by atoms with E-state index >= 15 is 0 Å². The molecule has 3 unspecified atom stereocenters. The second-order valence-electron chi connectivity index (χ2n) is 9.04. The number of primary amides is 1. The number of hydrogen-bond donors (Lipinski definition) is 3. The number of nitrogens with two attached hydrogens (primary N) is 1. The van der Waals surface area contributed by atoms with E-state index < -0.39 is 0 Å². The van der Waals surface area contributed by atoms with Gasteiger partial charge in [0.1, 0.15) is 5.02 Å². The largest absolute Gasteiger partial charge is 0.379 e. The Labute approximate surface area is 191 Å². The molecular weight excluding hydrogens is 432 g/mol. The number of ether oxygens (including phenoxy) is 1. The summed E-state index contributed by atoms with van der Waals surface area (Å²) in [6.45, 7) is 5.23. The molecule has 0 spiro atoms. The van der Waals surface area contributed by atoms with Crippen LogP contribution in [0.3, 0.4) is 0 Å². The summed E-state index contributed by atoms with van der Waals surface area (Å²) in [4.78, 5) is 23.3. The van der Waals surface area contributed by atoms with Gasteiger partial charge in [-0.05, 0) is 31.6 Å². The van der Waals surface area contributed by atoms with Gasteiger partial charge in [-0.1, -0.05) is 11.6 Å². The summed E-state index contributed by atoms with van der Waals surface area (Å²) in [7, 11) is 0. The number of nitrogens with one attached hydrogen (secondary N) is 2. The Morgan fingerprint density at radius 2 is 2.16 bits per heavy atom. The van der Waals surface area contributed by atoms with E-state index in [-0.39, 0.29) is 17.4 Å². The van der Waals surface area contributed by atoms with Crippen molar-refractivity contribution in [1.29, 1.82) is 0 Å². The molecular formula is C21H29ClN8O2. The lowest BCUT2D eigenvalue weighted by Gasteiger charge is -2.35. The minimum absolute atomic E-state index is 0.201. The molecule has 0 radical (unpaired) electrons. The lowest BCUT2D eigenvalue weighted by molar-refractivity contribution is -0.123. The number of morpholine rings is 1. The molecule has 5 rings (SSSR count). The highest BCUT2D eigenvalue weighted by atomic mass is 35.5. The van der Waals surface area contributed by atoms with E-state index in [1.54, 1.807) is 12.4 Å². The van der Waals surface area contributed by atoms with Gasteiger partial charge in [0.25, 0.3) is 0 Å². The van der Waals surface area contributed by atoms with Crippen molar-refractivity contribution in [3.8, 4) is 0 Å². The first-order chi connectivity index (χ1) is 15.5. The highest BCUT2D eigenvalue weighted by molar-refractivity contribution is 6.32. The number of carbonyl (C=O) groups is 1. The van der Waals surface area contributed by atoms with E-state index in [2.05, 4.69) is 30.6 Å². The van der Waals surface area contributed by atoms with E-state index in [1.807, 2.05) is 10.9 Å². The molecule has 32 heavy (non-hydrogen) atoms. The molecule has 2 aromatic rings. The highest BCUT2D eigenvalue weighted by Crippen LogP contribution is 2.53. The molecule has 3 aliphatic rings. The zero-order valence-electron chi connectivity index (χ0n) is 18.0. The van der Waals surface area contributed by atoms with Crippen LogP contribution in [0.25, 0.3) is 0 Å². The number of rotatable bonds is 8. The van der Waals surface area contributed by atoms with Gasteiger partial charge in [-0.25, -0.2) is 4.98 Å². The maximum Gasteiger partial charge on any atom is 0.229 e. The molecule has 3 heterocycles. The molecule has 2 bridgehead atoms. The number of halogens is 1. The van der Waals surface area contributed by atoms with Gasteiger partial charge in [0.05, 0.1) is 49.3 Å². The summed E-state index contributed by atoms with van der Waals surface area (Å²) in [5.74, 6) is 1.02. The zero-order valence-corrected chi connectivity index (χ0v) is 18.7. The average Bonchev–Trinajstić information content (AvgIpc) is 3.50. The Balaban J connectivity index is 1.24. The molecule has 2 saturated carbocycles. The van der Waals surface area contributed by atoms with Crippen LogP contribution in [0.5, 0.6) is 0 Å². The van der Waals surface area contributed by atoms with Gasteiger partial charge < -0.3 is 21.1 Å². The molecule has 3 atom stereocenters. The predicted octanol–water partition coefficient (Wildman–Crippen LogP) is 1.86. The van der Waals surface area contributed by atoms with E-state index in [0.29, 0.717) is 22.7 Å². The second kappa shape index (κ2) is 8.84. The van der Waals surface area contributed by atoms with Crippen molar-refractivity contribution in [1.82, 2.24) is 24.6 Å². The molecule has 2 aliphatic carbocycles. The van der Waals surface area contributed by atoms with E-state index in [1.165, 1.54) is 0 Å². The molecule has 3 fully saturated rings. The number of anilines is 3. The van der Waals surface area contributed by atoms with Crippen LogP contribution in [0.4, 0.5) is 17.5 Å². The van der Waals surface area contributed by atoms with Crippen molar-refractivity contribution >= 4 is 35.0 Å². The first-order valence-electron chi connectivity index (χ1n) is 11.2. The Bertz CT molecular complexity index is 978. The summed E-state index contributed by atoms with van der Waals surface area (Å²) < 4.78 is 7.29. The van der Waals surface area contributed by atoms with Crippen molar-refractivity contribution in [3.63, 3.8) is 0 Å². The molecule has 1 aliphatic heterocycles. The van der Waals surface area contributed by atoms with Gasteiger partial charge in [-0.15, -0.1) is 0 Å². The summed E-state index contributed by atoms with van der Waals surface area (Å²) in [5.41, 5.74) is 6.13. The van der Waals surface area contributed by atoms with Crippen LogP contribution in [0.15, 0.2) is 18.6 Å². The fourth-order valence-electron chi connectivity index (χ4n) is 5.35. The first-order valence-corrected chi connectivity index (χ1v) is 11.6. The molecule has 2 aromatic heterocycles. The van der Waals surface area contributed by atoms with Crippen LogP contribution in [0.1, 0.15) is 25.7 Å². The summed E-state index contributed by atoms with van der Waals surface area (Å²) >= 11 is 6.40. The van der Waals surface area contributed by atoms with Gasteiger partial charge in [-0.2, -0.15) is 10.1 Å². The first kappa shape index (κ1) is 21.4. The Kier molecular flexibility index (Phi) is 5.92. The maximum atomic E-state index is 12.0. The normalized spacial score (nSPS) is 27.5. The smallest absolute Gasteiger partial charge is 0.229 e. The van der Waals surface area contributed by atoms with E-state index in [4.69, 9.17) is 22.1 Å². The summed E-state index contributed by atoms with van der Waals surface area (Å²) in [6, 6.07) is 0. The molecule has 11 heteroatoms. The highest BCUT2D eigenvalue weighted by Gasteiger charge is 2.54. The molecule has 1 saturated heterocycles. The fraction of sp³-hybridized carbons (Fsp3) is 0.619. The van der Waals surface area contributed by atoms with Gasteiger partial charge in [-0.3, -0.25) is 14.4 Å². The summed E-state index contributed by atoms with van der Waals surface area (Å²) in [6.07, 6.45) is 8.99. The minimum Gasteiger partial charge on any atom is -0.379 e. The Morgan fingerprint density at radius 1 is 1.31 bits per heavy atom. The third kappa shape index (κ3) is 4.39. The van der Waals surface area contributed by atoms with Crippen LogP contribution in [-0.4, -0.2) is 68.9 Å². The van der Waals surface area contributed by atoms with Crippen molar-refractivity contribution < 1.29 is 9.53 Å². The Hall–Kier alpha value is -2.43. The van der Waals surface area contributed by atoms with Gasteiger partial charge >= 0.3 is 0 Å². The standard InChI is InChI=1S/C21H29ClN8O2/c22-17-12-24-20(26-15-11-25-30(13-15)4-3-29-5-7-32-8-6-29)27-19(17)28-21-2-1-14(10-21)9-16(21)18(23)31/h11-14,16H,1-10H2,(H2,23,31)(H2,24,26,27,28). The number of fused-ring (bicyclic) bond motifs is 2. The average molecular weight is 461 g/mol. The Morgan fingerprint density at radius 3 is 2.94 bits per heavy atom. The van der Waals surface area contributed by atoms with Crippen LogP contribution in [0, 0.1) is 11.8 Å². The van der Waals surface area contributed by atoms with Crippen molar-refractivity contribution in [2.75, 3.05) is 43.5 Å². The van der Waals surface area contributed by atoms with Gasteiger partial charge in [0.2, 0.25) is 11.9 Å². The number of carbonyl (C=O) groups excluding carboxylic acids is 1. The molecule has 0 aromatic carbocycles. The number of aromatic nitrogens is 4. The van der Waals surface area contributed by atoms with E-state index in [0.717, 1.165) is 70.8 Å². The van der Waals surface area contributed by atoms with Crippen molar-refractivity contribution in [3.05, 3.63) is 23.6 Å². The molecule has 4 N–H and O–H groups in total. The monoisotopic (exact) mass is 460 g/mol. The fourth-order valence-corrected chi connectivity index (χ4v) is 5.48. The number of amides is 1. The molecule has 1 amide bonds. The maximum absolute atomic E-state index is 12.0. The van der Waals surface area contributed by atoms with Crippen LogP contribution >= 0.6 is 11.6 Å². The van der Waals surface area contributed by atoms with Crippen LogP contribution in [-0.2, 0) is 16.1 Å². The van der Waals surface area contributed by atoms with Crippen LogP contribution in [0.2, 0.25) is 5.02 Å². The third-order valence-corrected chi connectivity index (χ3v) is 7.26. The SMILES string of the molecule is NC(=O)C1CC2CCC1(Nc1nc(Nc3cnn(CCN4CCOCC4)c3)ncc1Cl)C2. The quantitative estimate of drug-likeness (QED) is 0.545.